The highest BCUT2D eigenvalue weighted by Crippen LogP contribution is 2.39. The van der Waals surface area contributed by atoms with Gasteiger partial charge in [-0.3, -0.25) is 4.79 Å². The molecule has 2 aliphatic rings. The minimum atomic E-state index is -1.60. The lowest BCUT2D eigenvalue weighted by Gasteiger charge is -2.39. The zero-order valence-electron chi connectivity index (χ0n) is 23.3. The summed E-state index contributed by atoms with van der Waals surface area (Å²) in [6, 6.07) is 8.27. The van der Waals surface area contributed by atoms with Crippen LogP contribution in [-0.4, -0.2) is 113 Å². The lowest BCUT2D eigenvalue weighted by molar-refractivity contribution is -0.277. The normalized spacial score (nSPS) is 27.6. The Morgan fingerprint density at radius 3 is 2.21 bits per heavy atom. The number of cyclic esters (lactones) is 1. The maximum absolute atomic E-state index is 12.7. The topological polar surface area (TPSA) is 205 Å². The number of esters is 1. The van der Waals surface area contributed by atoms with Gasteiger partial charge in [0.2, 0.25) is 6.29 Å². The lowest BCUT2D eigenvalue weighted by Crippen LogP contribution is -2.60. The fraction of sp³-hybridized carbons (Fsp3) is 0.552. The number of aromatic hydroxyl groups is 1. The number of benzene rings is 2. The first-order valence-electron chi connectivity index (χ1n) is 13.6. The molecular formula is C29H38O13. The Morgan fingerprint density at radius 2 is 1.57 bits per heavy atom. The molecule has 7 atom stereocenters. The smallest absolute Gasteiger partial charge is 0.309 e. The predicted octanol–water partition coefficient (Wildman–Crippen LogP) is -0.769. The number of ether oxygens (including phenoxy) is 5. The quantitative estimate of drug-likeness (QED) is 0.151. The molecule has 2 aliphatic heterocycles. The minimum absolute atomic E-state index is 0.164. The molecule has 0 bridgehead atoms. The number of aliphatic hydroxyl groups is 6. The first-order valence-corrected chi connectivity index (χ1v) is 13.6. The van der Waals surface area contributed by atoms with E-state index in [0.717, 1.165) is 11.1 Å². The molecule has 13 nitrogen and oxygen atoms in total. The van der Waals surface area contributed by atoms with E-state index in [2.05, 4.69) is 0 Å². The fourth-order valence-corrected chi connectivity index (χ4v) is 5.37. The number of carbonyl (C=O) groups is 1. The molecule has 2 aromatic carbocycles. The Hall–Kier alpha value is -3.17. The van der Waals surface area contributed by atoms with Gasteiger partial charge in [-0.2, -0.15) is 0 Å². The molecule has 0 aromatic heterocycles. The molecule has 0 amide bonds. The average Bonchev–Trinajstić information content (AvgIpc) is 3.33. The molecule has 42 heavy (non-hydrogen) atoms. The van der Waals surface area contributed by atoms with Gasteiger partial charge in [0, 0.05) is 17.4 Å². The van der Waals surface area contributed by atoms with E-state index in [1.54, 1.807) is 30.3 Å². The van der Waals surface area contributed by atoms with Crippen molar-refractivity contribution < 1.29 is 64.2 Å². The van der Waals surface area contributed by atoms with Crippen LogP contribution in [0.25, 0.3) is 0 Å². The summed E-state index contributed by atoms with van der Waals surface area (Å²) >= 11 is 0. The third-order valence-corrected chi connectivity index (χ3v) is 7.85. The van der Waals surface area contributed by atoms with Crippen molar-refractivity contribution in [2.75, 3.05) is 40.6 Å². The Morgan fingerprint density at radius 1 is 0.881 bits per heavy atom. The number of hydrogen-bond acceptors (Lipinski definition) is 13. The van der Waals surface area contributed by atoms with Gasteiger partial charge in [0.25, 0.3) is 0 Å². The number of aliphatic hydroxyl groups excluding tert-OH is 6. The maximum Gasteiger partial charge on any atom is 0.309 e. The van der Waals surface area contributed by atoms with Crippen LogP contribution in [-0.2, 0) is 27.1 Å². The van der Waals surface area contributed by atoms with E-state index >= 15 is 0 Å². The fourth-order valence-electron chi connectivity index (χ4n) is 5.37. The molecule has 0 saturated carbocycles. The largest absolute Gasteiger partial charge is 0.504 e. The zero-order valence-corrected chi connectivity index (χ0v) is 23.3. The van der Waals surface area contributed by atoms with Crippen LogP contribution in [0.5, 0.6) is 23.0 Å². The predicted molar refractivity (Wildman–Crippen MR) is 144 cm³/mol. The Bertz CT molecular complexity index is 1210. The van der Waals surface area contributed by atoms with Crippen molar-refractivity contribution in [2.24, 2.45) is 11.8 Å². The zero-order chi connectivity index (χ0) is 30.6. The Kier molecular flexibility index (Phi) is 10.5. The molecule has 2 saturated heterocycles. The molecule has 0 aliphatic carbocycles. The maximum atomic E-state index is 12.7. The Balaban J connectivity index is 1.51. The third-order valence-electron chi connectivity index (χ3n) is 7.85. The van der Waals surface area contributed by atoms with Gasteiger partial charge >= 0.3 is 5.97 Å². The van der Waals surface area contributed by atoms with Gasteiger partial charge in [-0.1, -0.05) is 12.1 Å². The van der Waals surface area contributed by atoms with Crippen molar-refractivity contribution in [3.05, 3.63) is 47.0 Å². The first kappa shape index (κ1) is 31.8. The molecule has 2 heterocycles. The third kappa shape index (κ3) is 6.57. The summed E-state index contributed by atoms with van der Waals surface area (Å²) in [5.41, 5.74) is 1.81. The van der Waals surface area contributed by atoms with Crippen molar-refractivity contribution >= 4 is 5.97 Å². The summed E-state index contributed by atoms with van der Waals surface area (Å²) in [7, 11) is 2.81. The van der Waals surface area contributed by atoms with E-state index in [1.165, 1.54) is 14.2 Å². The van der Waals surface area contributed by atoms with Crippen LogP contribution in [0, 0.1) is 11.8 Å². The van der Waals surface area contributed by atoms with Crippen molar-refractivity contribution in [1.29, 1.82) is 0 Å². The minimum Gasteiger partial charge on any atom is -0.504 e. The molecule has 13 heteroatoms. The van der Waals surface area contributed by atoms with Crippen LogP contribution in [0.15, 0.2) is 30.3 Å². The highest BCUT2D eigenvalue weighted by Gasteiger charge is 2.45. The second kappa shape index (κ2) is 13.9. The molecule has 4 rings (SSSR count). The van der Waals surface area contributed by atoms with Crippen LogP contribution in [0.3, 0.4) is 0 Å². The van der Waals surface area contributed by atoms with Crippen LogP contribution < -0.4 is 14.2 Å². The van der Waals surface area contributed by atoms with Gasteiger partial charge in [-0.05, 0) is 42.2 Å². The summed E-state index contributed by atoms with van der Waals surface area (Å²) in [4.78, 5) is 12.7. The summed E-state index contributed by atoms with van der Waals surface area (Å²) in [5.74, 6) is -1.35. The average molecular weight is 595 g/mol. The first-order chi connectivity index (χ1) is 20.1. The molecule has 2 fully saturated rings. The molecule has 2 aromatic rings. The molecular weight excluding hydrogens is 556 g/mol. The summed E-state index contributed by atoms with van der Waals surface area (Å²) in [6.07, 6.45) is -6.53. The van der Waals surface area contributed by atoms with E-state index < -0.39 is 49.1 Å². The van der Waals surface area contributed by atoms with Gasteiger partial charge in [-0.15, -0.1) is 0 Å². The number of methoxy groups -OCH3 is 2. The van der Waals surface area contributed by atoms with Crippen LogP contribution >= 0.6 is 0 Å². The highest BCUT2D eigenvalue weighted by atomic mass is 16.7. The van der Waals surface area contributed by atoms with Crippen LogP contribution in [0.4, 0.5) is 0 Å². The molecule has 232 valence electrons. The molecule has 0 unspecified atom stereocenters. The number of phenolic OH excluding ortho intramolecular Hbond substituents is 1. The Labute approximate surface area is 242 Å². The van der Waals surface area contributed by atoms with E-state index in [0.29, 0.717) is 18.4 Å². The van der Waals surface area contributed by atoms with Gasteiger partial charge in [0.05, 0.1) is 46.6 Å². The van der Waals surface area contributed by atoms with E-state index in [9.17, 15) is 40.5 Å². The summed E-state index contributed by atoms with van der Waals surface area (Å²) < 4.78 is 27.3. The van der Waals surface area contributed by atoms with Gasteiger partial charge in [0.1, 0.15) is 24.4 Å². The number of carbonyl (C=O) groups excluding carboxylic acids is 1. The van der Waals surface area contributed by atoms with Gasteiger partial charge in [-0.25, -0.2) is 0 Å². The number of rotatable bonds is 12. The summed E-state index contributed by atoms with van der Waals surface area (Å²) in [6.45, 7) is -1.16. The second-order valence-corrected chi connectivity index (χ2v) is 10.5. The summed E-state index contributed by atoms with van der Waals surface area (Å²) in [5, 5.41) is 69.6. The molecule has 0 spiro atoms. The SMILES string of the molecule is COc1cc(C[C@H]2C(=O)OC[C@@H]2Cc2cc(OC)c(O)c(C(CO)CO)c2)ccc1O[C@@H]1O[C@H](CO)[C@@H](O)[C@H](O)[C@H]1O. The molecule has 7 N–H and O–H groups in total. The van der Waals surface area contributed by atoms with Crippen molar-refractivity contribution in [3.8, 4) is 23.0 Å². The number of phenols is 1. The van der Waals surface area contributed by atoms with Crippen molar-refractivity contribution in [3.63, 3.8) is 0 Å². The molecule has 0 radical (unpaired) electrons. The highest BCUT2D eigenvalue weighted by molar-refractivity contribution is 5.75. The van der Waals surface area contributed by atoms with E-state index in [1.807, 2.05) is 0 Å². The second-order valence-electron chi connectivity index (χ2n) is 10.5. The monoisotopic (exact) mass is 594 g/mol. The van der Waals surface area contributed by atoms with Crippen molar-refractivity contribution in [1.82, 2.24) is 0 Å². The number of hydrogen-bond donors (Lipinski definition) is 7. The van der Waals surface area contributed by atoms with Crippen LogP contribution in [0.1, 0.15) is 22.6 Å². The van der Waals surface area contributed by atoms with Crippen LogP contribution in [0.2, 0.25) is 0 Å². The standard InChI is InChI=1S/C29H38O13/c1-38-21-8-14(3-4-20(21)41-29-27(36)26(35)25(34)23(12-32)42-29)6-19-16(13-40-28(19)37)5-15-7-18(17(10-30)11-31)24(33)22(9-15)39-2/h3-4,7-9,16-17,19,23,25-27,29-36H,5-6,10-13H2,1-2H3/t16-,19+,23+,25+,26-,27+,29+/m0/s1. The lowest BCUT2D eigenvalue weighted by atomic mass is 9.84. The van der Waals surface area contributed by atoms with Gasteiger partial charge in [0.15, 0.2) is 23.0 Å². The van der Waals surface area contributed by atoms with E-state index in [4.69, 9.17) is 23.7 Å². The van der Waals surface area contributed by atoms with Gasteiger partial charge < -0.3 is 59.4 Å². The van der Waals surface area contributed by atoms with Crippen molar-refractivity contribution in [2.45, 2.75) is 49.5 Å². The van der Waals surface area contributed by atoms with E-state index in [-0.39, 0.29) is 54.7 Å².